The van der Waals surface area contributed by atoms with Crippen molar-refractivity contribution in [3.8, 4) is 11.3 Å². The van der Waals surface area contributed by atoms with Gasteiger partial charge in [0.05, 0.1) is 47.4 Å². The summed E-state index contributed by atoms with van der Waals surface area (Å²) >= 11 is 0. The Morgan fingerprint density at radius 3 is 2.54 bits per heavy atom. The molecule has 3 aliphatic rings. The number of rotatable bonds is 5. The fraction of sp³-hybridized carbons (Fsp3) is 0.367. The van der Waals surface area contributed by atoms with Crippen LogP contribution in [0.4, 0.5) is 0 Å². The van der Waals surface area contributed by atoms with Gasteiger partial charge in [0, 0.05) is 10.9 Å². The Balaban J connectivity index is 1.31. The third kappa shape index (κ3) is 4.43. The van der Waals surface area contributed by atoms with Crippen molar-refractivity contribution in [2.75, 3.05) is 6.61 Å². The molecule has 7 nitrogen and oxygen atoms in total. The summed E-state index contributed by atoms with van der Waals surface area (Å²) in [4.78, 5) is 31.6. The molecule has 2 aromatic carbocycles. The summed E-state index contributed by atoms with van der Waals surface area (Å²) in [5, 5.41) is 1.08. The second-order valence-electron chi connectivity index (χ2n) is 10.1. The van der Waals surface area contributed by atoms with E-state index in [1.54, 1.807) is 6.34 Å². The minimum Gasteiger partial charge on any atom is -0.466 e. The molecular formula is C30H31N5O2. The van der Waals surface area contributed by atoms with Crippen molar-refractivity contribution < 1.29 is 9.53 Å². The molecule has 3 aromatic rings. The fourth-order valence-corrected chi connectivity index (χ4v) is 6.06. The van der Waals surface area contributed by atoms with E-state index in [-0.39, 0.29) is 29.9 Å². The maximum Gasteiger partial charge on any atom is 0.308 e. The first kappa shape index (κ1) is 23.5. The zero-order chi connectivity index (χ0) is 25.4. The number of nitrogens with zero attached hydrogens (tertiary/aromatic N) is 4. The lowest BCUT2D eigenvalue weighted by Crippen LogP contribution is -2.43. The molecule has 3 heterocycles. The summed E-state index contributed by atoms with van der Waals surface area (Å²) in [7, 11) is 0. The van der Waals surface area contributed by atoms with Crippen LogP contribution >= 0.6 is 0 Å². The molecule has 7 heteroatoms. The molecule has 1 aliphatic carbocycles. The highest BCUT2D eigenvalue weighted by molar-refractivity contribution is 6.18. The first-order valence-corrected chi connectivity index (χ1v) is 13.2. The number of hydrogen-bond acceptors (Lipinski definition) is 7. The molecule has 0 saturated heterocycles. The van der Waals surface area contributed by atoms with Gasteiger partial charge >= 0.3 is 5.97 Å². The molecular weight excluding hydrogens is 462 g/mol. The Labute approximate surface area is 216 Å². The van der Waals surface area contributed by atoms with Crippen LogP contribution in [0.25, 0.3) is 22.2 Å². The van der Waals surface area contributed by atoms with E-state index in [4.69, 9.17) is 25.4 Å². The quantitative estimate of drug-likeness (QED) is 0.515. The van der Waals surface area contributed by atoms with Gasteiger partial charge in [0.25, 0.3) is 0 Å². The summed E-state index contributed by atoms with van der Waals surface area (Å²) in [6.45, 7) is 2.29. The van der Waals surface area contributed by atoms with E-state index in [2.05, 4.69) is 47.5 Å². The van der Waals surface area contributed by atoms with Crippen LogP contribution in [-0.2, 0) is 9.53 Å². The lowest BCUT2D eigenvalue weighted by Gasteiger charge is -2.33. The Morgan fingerprint density at radius 1 is 0.973 bits per heavy atom. The van der Waals surface area contributed by atoms with Gasteiger partial charge in [-0.2, -0.15) is 0 Å². The Morgan fingerprint density at radius 2 is 1.76 bits per heavy atom. The fourth-order valence-electron chi connectivity index (χ4n) is 6.06. The average Bonchev–Trinajstić information content (AvgIpc) is 3.34. The average molecular weight is 494 g/mol. The molecule has 37 heavy (non-hydrogen) atoms. The third-order valence-electron chi connectivity index (χ3n) is 7.97. The van der Waals surface area contributed by atoms with E-state index >= 15 is 0 Å². The number of benzene rings is 2. The van der Waals surface area contributed by atoms with Crippen molar-refractivity contribution in [2.24, 2.45) is 38.5 Å². The minimum absolute atomic E-state index is 0.0105. The molecule has 0 amide bonds. The van der Waals surface area contributed by atoms with Crippen LogP contribution in [0.2, 0.25) is 0 Å². The van der Waals surface area contributed by atoms with Crippen LogP contribution in [0.1, 0.15) is 38.2 Å². The van der Waals surface area contributed by atoms with Crippen molar-refractivity contribution >= 4 is 34.8 Å². The molecule has 3 atom stereocenters. The SMILES string of the molecule is CCOC(=O)C1CCC([C@@H]2N=C(c3ccc4ccc(-c5ccccc5)nc4c3)C3C(N)=NC=NC32)CC1. The standard InChI is InChI=1S/C30H31N5O2/c1-2-37-30(36)21-11-9-20(10-12-21)27-28-25(29(31)33-17-32-28)26(35-27)22-13-8-19-14-15-23(34-24(19)16-22)18-6-4-3-5-7-18/h3-8,13-17,20-21,25,27-28H,2,9-12H2,1H3,(H2,31,32,33)/t20?,21?,25?,27-,28?/m0/s1. The van der Waals surface area contributed by atoms with Gasteiger partial charge in [-0.25, -0.2) is 9.98 Å². The highest BCUT2D eigenvalue weighted by atomic mass is 16.5. The molecule has 1 saturated carbocycles. The highest BCUT2D eigenvalue weighted by Crippen LogP contribution is 2.40. The van der Waals surface area contributed by atoms with E-state index in [9.17, 15) is 4.79 Å². The number of hydrogen-bond donors (Lipinski definition) is 1. The van der Waals surface area contributed by atoms with Crippen molar-refractivity contribution in [2.45, 2.75) is 44.7 Å². The number of aromatic nitrogens is 1. The Bertz CT molecular complexity index is 1410. The molecule has 2 aliphatic heterocycles. The van der Waals surface area contributed by atoms with Crippen LogP contribution in [-0.4, -0.2) is 47.5 Å². The number of nitrogens with two attached hydrogens (primary N) is 1. The summed E-state index contributed by atoms with van der Waals surface area (Å²) in [5.74, 6) is 0.686. The van der Waals surface area contributed by atoms with Gasteiger partial charge in [-0.05, 0) is 56.2 Å². The number of carbonyl (C=O) groups excluding carboxylic acids is 1. The first-order valence-electron chi connectivity index (χ1n) is 13.2. The van der Waals surface area contributed by atoms with Gasteiger partial charge in [0.15, 0.2) is 0 Å². The summed E-state index contributed by atoms with van der Waals surface area (Å²) in [5.41, 5.74) is 11.4. The number of aliphatic imine (C=N–C) groups is 3. The zero-order valence-electron chi connectivity index (χ0n) is 21.0. The van der Waals surface area contributed by atoms with Crippen molar-refractivity contribution in [3.05, 3.63) is 66.2 Å². The van der Waals surface area contributed by atoms with Crippen molar-refractivity contribution in [1.82, 2.24) is 4.98 Å². The maximum atomic E-state index is 12.2. The molecule has 1 aromatic heterocycles. The van der Waals surface area contributed by atoms with Crippen molar-refractivity contribution in [3.63, 3.8) is 0 Å². The van der Waals surface area contributed by atoms with Gasteiger partial charge in [-0.3, -0.25) is 14.8 Å². The molecule has 188 valence electrons. The minimum atomic E-state index is -0.146. The van der Waals surface area contributed by atoms with Gasteiger partial charge < -0.3 is 10.5 Å². The van der Waals surface area contributed by atoms with Crippen LogP contribution < -0.4 is 5.73 Å². The summed E-state index contributed by atoms with van der Waals surface area (Å²) in [6, 6.07) is 20.7. The molecule has 0 spiro atoms. The summed E-state index contributed by atoms with van der Waals surface area (Å²) < 4.78 is 5.26. The Kier molecular flexibility index (Phi) is 6.28. The predicted molar refractivity (Wildman–Crippen MR) is 147 cm³/mol. The van der Waals surface area contributed by atoms with Crippen LogP contribution in [0.5, 0.6) is 0 Å². The van der Waals surface area contributed by atoms with Crippen LogP contribution in [0, 0.1) is 17.8 Å². The van der Waals surface area contributed by atoms with Crippen LogP contribution in [0.15, 0.2) is 75.6 Å². The second-order valence-corrected chi connectivity index (χ2v) is 10.1. The number of fused-ring (bicyclic) bond motifs is 2. The highest BCUT2D eigenvalue weighted by Gasteiger charge is 2.46. The van der Waals surface area contributed by atoms with Gasteiger partial charge in [-0.1, -0.05) is 48.5 Å². The zero-order valence-corrected chi connectivity index (χ0v) is 21.0. The van der Waals surface area contributed by atoms with E-state index < -0.39 is 0 Å². The molecule has 1 fully saturated rings. The molecule has 2 N–H and O–H groups in total. The second kappa shape index (κ2) is 9.88. The number of ether oxygens (including phenoxy) is 1. The molecule has 0 radical (unpaired) electrons. The summed E-state index contributed by atoms with van der Waals surface area (Å²) in [6.07, 6.45) is 5.11. The number of amidine groups is 1. The maximum absolute atomic E-state index is 12.2. The number of pyridine rings is 1. The Hall–Kier alpha value is -3.87. The monoisotopic (exact) mass is 493 g/mol. The lowest BCUT2D eigenvalue weighted by molar-refractivity contribution is -0.149. The molecule has 0 bridgehead atoms. The largest absolute Gasteiger partial charge is 0.466 e. The number of esters is 1. The van der Waals surface area contributed by atoms with E-state index in [1.807, 2.05) is 25.1 Å². The topological polar surface area (TPSA) is 102 Å². The third-order valence-corrected chi connectivity index (χ3v) is 7.97. The lowest BCUT2D eigenvalue weighted by atomic mass is 9.75. The van der Waals surface area contributed by atoms with Gasteiger partial charge in [-0.15, -0.1) is 0 Å². The van der Waals surface area contributed by atoms with E-state index in [0.29, 0.717) is 18.4 Å². The normalized spacial score (nSPS) is 26.9. The van der Waals surface area contributed by atoms with Crippen molar-refractivity contribution in [1.29, 1.82) is 0 Å². The first-order chi connectivity index (χ1) is 18.1. The van der Waals surface area contributed by atoms with E-state index in [1.165, 1.54) is 0 Å². The van der Waals surface area contributed by atoms with Crippen LogP contribution in [0.3, 0.4) is 0 Å². The molecule has 2 unspecified atom stereocenters. The van der Waals surface area contributed by atoms with Gasteiger partial charge in [0.1, 0.15) is 12.2 Å². The van der Waals surface area contributed by atoms with Gasteiger partial charge in [0.2, 0.25) is 0 Å². The number of carbonyl (C=O) groups is 1. The smallest absolute Gasteiger partial charge is 0.308 e. The molecule has 6 rings (SSSR count). The predicted octanol–water partition coefficient (Wildman–Crippen LogP) is 4.83. The van der Waals surface area contributed by atoms with E-state index in [0.717, 1.165) is 59.1 Å².